The van der Waals surface area contributed by atoms with Gasteiger partial charge in [0.15, 0.2) is 0 Å². The Hall–Kier alpha value is -2.20. The molecule has 2 N–H and O–H groups in total. The SMILES string of the molecule is COCc1cc(O)cc2c1O[C@@H](c1ccc(O)cc1)C1CCCC21. The van der Waals surface area contributed by atoms with Crippen LogP contribution in [0.5, 0.6) is 17.2 Å². The molecule has 0 saturated heterocycles. The lowest BCUT2D eigenvalue weighted by Gasteiger charge is -2.37. The molecular weight excluding hydrogens is 304 g/mol. The summed E-state index contributed by atoms with van der Waals surface area (Å²) in [6.07, 6.45) is 3.38. The first kappa shape index (κ1) is 15.3. The van der Waals surface area contributed by atoms with Gasteiger partial charge in [0.25, 0.3) is 0 Å². The lowest BCUT2D eigenvalue weighted by atomic mass is 9.79. The molecule has 1 fully saturated rings. The van der Waals surface area contributed by atoms with Crippen LogP contribution in [0.2, 0.25) is 0 Å². The fourth-order valence-corrected chi connectivity index (χ4v) is 4.31. The second-order valence-corrected chi connectivity index (χ2v) is 6.79. The van der Waals surface area contributed by atoms with Gasteiger partial charge < -0.3 is 19.7 Å². The minimum atomic E-state index is -0.0225. The Bertz CT molecular complexity index is 738. The molecule has 2 unspecified atom stereocenters. The third-order valence-corrected chi connectivity index (χ3v) is 5.30. The van der Waals surface area contributed by atoms with Crippen molar-refractivity contribution in [2.45, 2.75) is 37.9 Å². The number of hydrogen-bond acceptors (Lipinski definition) is 4. The summed E-state index contributed by atoms with van der Waals surface area (Å²) in [6.45, 7) is 0.413. The van der Waals surface area contributed by atoms with Gasteiger partial charge in [-0.25, -0.2) is 0 Å². The molecule has 4 rings (SSSR count). The van der Waals surface area contributed by atoms with Gasteiger partial charge in [-0.05, 0) is 48.6 Å². The maximum Gasteiger partial charge on any atom is 0.129 e. The van der Waals surface area contributed by atoms with Crippen LogP contribution in [0.3, 0.4) is 0 Å². The maximum absolute atomic E-state index is 10.1. The van der Waals surface area contributed by atoms with E-state index in [0.717, 1.165) is 35.3 Å². The quantitative estimate of drug-likeness (QED) is 0.885. The molecule has 1 aliphatic heterocycles. The summed E-state index contributed by atoms with van der Waals surface area (Å²) in [5.41, 5.74) is 3.09. The Morgan fingerprint density at radius 2 is 1.88 bits per heavy atom. The lowest BCUT2D eigenvalue weighted by molar-refractivity contribution is 0.0972. The van der Waals surface area contributed by atoms with Crippen molar-refractivity contribution in [3.63, 3.8) is 0 Å². The first-order chi connectivity index (χ1) is 11.7. The number of phenols is 2. The van der Waals surface area contributed by atoms with E-state index in [1.165, 1.54) is 6.42 Å². The third-order valence-electron chi connectivity index (χ3n) is 5.30. The van der Waals surface area contributed by atoms with E-state index < -0.39 is 0 Å². The predicted molar refractivity (Wildman–Crippen MR) is 90.4 cm³/mol. The molecule has 2 aromatic rings. The van der Waals surface area contributed by atoms with Crippen LogP contribution in [-0.2, 0) is 11.3 Å². The maximum atomic E-state index is 10.1. The minimum Gasteiger partial charge on any atom is -0.508 e. The zero-order valence-electron chi connectivity index (χ0n) is 13.7. The fraction of sp³-hybridized carbons (Fsp3) is 0.400. The molecule has 0 aromatic heterocycles. The summed E-state index contributed by atoms with van der Waals surface area (Å²) in [6, 6.07) is 10.9. The molecular formula is C20H22O4. The van der Waals surface area contributed by atoms with Crippen molar-refractivity contribution in [1.29, 1.82) is 0 Å². The number of hydrogen-bond donors (Lipinski definition) is 2. The highest BCUT2D eigenvalue weighted by molar-refractivity contribution is 5.51. The summed E-state index contributed by atoms with van der Waals surface area (Å²) in [7, 11) is 1.65. The van der Waals surface area contributed by atoms with Gasteiger partial charge in [0, 0.05) is 24.2 Å². The Labute approximate surface area is 141 Å². The number of rotatable bonds is 3. The van der Waals surface area contributed by atoms with Crippen LogP contribution < -0.4 is 4.74 Å². The van der Waals surface area contributed by atoms with Crippen molar-refractivity contribution in [2.24, 2.45) is 5.92 Å². The number of benzene rings is 2. The molecule has 1 heterocycles. The monoisotopic (exact) mass is 326 g/mol. The molecule has 0 bridgehead atoms. The van der Waals surface area contributed by atoms with Gasteiger partial charge in [-0.3, -0.25) is 0 Å². The van der Waals surface area contributed by atoms with E-state index in [9.17, 15) is 10.2 Å². The molecule has 4 nitrogen and oxygen atoms in total. The zero-order chi connectivity index (χ0) is 16.7. The van der Waals surface area contributed by atoms with Crippen molar-refractivity contribution in [1.82, 2.24) is 0 Å². The molecule has 2 aromatic carbocycles. The van der Waals surface area contributed by atoms with Crippen LogP contribution in [0.25, 0.3) is 0 Å². The molecule has 0 amide bonds. The molecule has 4 heteroatoms. The normalized spacial score (nSPS) is 25.0. The van der Waals surface area contributed by atoms with Crippen LogP contribution in [0.15, 0.2) is 36.4 Å². The first-order valence-corrected chi connectivity index (χ1v) is 8.47. The number of phenolic OH excluding ortho intramolecular Hbond substituents is 2. The summed E-state index contributed by atoms with van der Waals surface area (Å²) in [5, 5.41) is 19.6. The van der Waals surface area contributed by atoms with Crippen LogP contribution in [0, 0.1) is 5.92 Å². The highest BCUT2D eigenvalue weighted by Crippen LogP contribution is 2.55. The number of methoxy groups -OCH3 is 1. The summed E-state index contributed by atoms with van der Waals surface area (Å²) >= 11 is 0. The predicted octanol–water partition coefficient (Wildman–Crippen LogP) is 4.26. The van der Waals surface area contributed by atoms with E-state index in [0.29, 0.717) is 18.4 Å². The van der Waals surface area contributed by atoms with Crippen LogP contribution >= 0.6 is 0 Å². The van der Waals surface area contributed by atoms with Gasteiger partial charge in [-0.1, -0.05) is 18.6 Å². The van der Waals surface area contributed by atoms with Crippen LogP contribution in [0.4, 0.5) is 0 Å². The Kier molecular flexibility index (Phi) is 3.85. The Morgan fingerprint density at radius 3 is 2.62 bits per heavy atom. The third kappa shape index (κ3) is 2.51. The Balaban J connectivity index is 1.80. The van der Waals surface area contributed by atoms with Gasteiger partial charge in [0.05, 0.1) is 6.61 Å². The van der Waals surface area contributed by atoms with Gasteiger partial charge in [-0.2, -0.15) is 0 Å². The van der Waals surface area contributed by atoms with Crippen molar-refractivity contribution >= 4 is 0 Å². The zero-order valence-corrected chi connectivity index (χ0v) is 13.7. The number of fused-ring (bicyclic) bond motifs is 3. The summed E-state index contributed by atoms with van der Waals surface area (Å²) in [4.78, 5) is 0. The second kappa shape index (κ2) is 6.02. The van der Waals surface area contributed by atoms with Crippen molar-refractivity contribution in [2.75, 3.05) is 7.11 Å². The van der Waals surface area contributed by atoms with Gasteiger partial charge in [-0.15, -0.1) is 0 Å². The molecule has 1 saturated carbocycles. The van der Waals surface area contributed by atoms with E-state index in [-0.39, 0.29) is 17.6 Å². The topological polar surface area (TPSA) is 58.9 Å². The standard InChI is InChI=1S/C20H22O4/c1-23-11-13-9-15(22)10-18-16-3-2-4-17(16)19(24-20(13)18)12-5-7-14(21)8-6-12/h5-10,16-17,19,21-22H,2-4,11H2,1H3/t16?,17?,19-/m0/s1. The fourth-order valence-electron chi connectivity index (χ4n) is 4.31. The number of aromatic hydroxyl groups is 2. The lowest BCUT2D eigenvalue weighted by Crippen LogP contribution is -2.27. The molecule has 24 heavy (non-hydrogen) atoms. The molecule has 3 atom stereocenters. The van der Waals surface area contributed by atoms with Crippen molar-refractivity contribution in [3.05, 3.63) is 53.1 Å². The van der Waals surface area contributed by atoms with E-state index in [1.807, 2.05) is 18.2 Å². The van der Waals surface area contributed by atoms with E-state index in [2.05, 4.69) is 0 Å². The Morgan fingerprint density at radius 1 is 1.08 bits per heavy atom. The summed E-state index contributed by atoms with van der Waals surface area (Å²) < 4.78 is 11.7. The van der Waals surface area contributed by atoms with Crippen molar-refractivity contribution in [3.8, 4) is 17.2 Å². The second-order valence-electron chi connectivity index (χ2n) is 6.79. The smallest absolute Gasteiger partial charge is 0.129 e. The average molecular weight is 326 g/mol. The average Bonchev–Trinajstić information content (AvgIpc) is 3.05. The highest BCUT2D eigenvalue weighted by atomic mass is 16.5. The number of ether oxygens (including phenoxy) is 2. The van der Waals surface area contributed by atoms with Gasteiger partial charge in [0.2, 0.25) is 0 Å². The minimum absolute atomic E-state index is 0.0225. The van der Waals surface area contributed by atoms with E-state index in [1.54, 1.807) is 25.3 Å². The van der Waals surface area contributed by atoms with Gasteiger partial charge >= 0.3 is 0 Å². The van der Waals surface area contributed by atoms with E-state index in [4.69, 9.17) is 9.47 Å². The molecule has 126 valence electrons. The van der Waals surface area contributed by atoms with E-state index >= 15 is 0 Å². The first-order valence-electron chi connectivity index (χ1n) is 8.47. The molecule has 0 spiro atoms. The molecule has 2 aliphatic rings. The highest BCUT2D eigenvalue weighted by Gasteiger charge is 2.42. The van der Waals surface area contributed by atoms with Gasteiger partial charge in [0.1, 0.15) is 23.4 Å². The van der Waals surface area contributed by atoms with Crippen LogP contribution in [-0.4, -0.2) is 17.3 Å². The summed E-state index contributed by atoms with van der Waals surface area (Å²) in [5.74, 6) is 2.20. The van der Waals surface area contributed by atoms with Crippen molar-refractivity contribution < 1.29 is 19.7 Å². The molecule has 0 radical (unpaired) electrons. The largest absolute Gasteiger partial charge is 0.508 e. The van der Waals surface area contributed by atoms with Crippen LogP contribution in [0.1, 0.15) is 48.0 Å². The molecule has 1 aliphatic carbocycles.